The monoisotopic (exact) mass is 384 g/mol. The van der Waals surface area contributed by atoms with Crippen LogP contribution in [0.1, 0.15) is 72.1 Å². The van der Waals surface area contributed by atoms with E-state index in [-0.39, 0.29) is 0 Å². The normalized spacial score (nSPS) is 43.1. The summed E-state index contributed by atoms with van der Waals surface area (Å²) < 4.78 is 0. The smallest absolute Gasteiger partial charge is 0.129 e. The first kappa shape index (κ1) is 20.2. The molecule has 6 unspecified atom stereocenters. The van der Waals surface area contributed by atoms with Crippen LogP contribution in [0.15, 0.2) is 29.0 Å². The summed E-state index contributed by atoms with van der Waals surface area (Å²) in [7, 11) is 1.95. The van der Waals surface area contributed by atoms with Gasteiger partial charge in [0, 0.05) is 12.5 Å². The second-order valence-corrected chi connectivity index (χ2v) is 10.5. The van der Waals surface area contributed by atoms with Gasteiger partial charge in [0.05, 0.1) is 5.71 Å². The second kappa shape index (κ2) is 7.63. The van der Waals surface area contributed by atoms with Crippen molar-refractivity contribution in [1.29, 1.82) is 0 Å². The topological polar surface area (TPSA) is 33.6 Å². The largest absolute Gasteiger partial charge is 0.394 e. The molecule has 0 aromatic rings. The Labute approximate surface area is 172 Å². The van der Waals surface area contributed by atoms with E-state index in [1.807, 2.05) is 7.05 Å². The molecule has 156 valence electrons. The molecule has 4 aliphatic rings. The highest BCUT2D eigenvalue weighted by atomic mass is 16.6. The first-order chi connectivity index (χ1) is 13.4. The van der Waals surface area contributed by atoms with Crippen LogP contribution in [0.2, 0.25) is 0 Å². The van der Waals surface area contributed by atoms with Gasteiger partial charge >= 0.3 is 0 Å². The minimum atomic E-state index is 0.414. The summed E-state index contributed by atoms with van der Waals surface area (Å²) in [5.41, 5.74) is 5.16. The van der Waals surface area contributed by atoms with E-state index in [9.17, 15) is 0 Å². The van der Waals surface area contributed by atoms with E-state index >= 15 is 0 Å². The van der Waals surface area contributed by atoms with Crippen molar-refractivity contribution in [2.75, 3.05) is 20.2 Å². The van der Waals surface area contributed by atoms with Gasteiger partial charge < -0.3 is 10.2 Å². The van der Waals surface area contributed by atoms with Crippen molar-refractivity contribution in [1.82, 2.24) is 5.32 Å². The Morgan fingerprint density at radius 3 is 2.79 bits per heavy atom. The zero-order valence-electron chi connectivity index (χ0n) is 18.5. The van der Waals surface area contributed by atoms with Crippen LogP contribution in [0.25, 0.3) is 0 Å². The van der Waals surface area contributed by atoms with Gasteiger partial charge in [0.1, 0.15) is 6.61 Å². The maximum Gasteiger partial charge on any atom is 0.129 e. The van der Waals surface area contributed by atoms with Gasteiger partial charge in [-0.3, -0.25) is 0 Å². The van der Waals surface area contributed by atoms with Crippen LogP contribution < -0.4 is 5.32 Å². The molecule has 0 amide bonds. The molecule has 4 aliphatic carbocycles. The van der Waals surface area contributed by atoms with Crippen LogP contribution in [0, 0.1) is 34.5 Å². The number of allylic oxidation sites excluding steroid dienone is 3. The molecule has 0 bridgehead atoms. The first-order valence-electron chi connectivity index (χ1n) is 11.6. The number of nitrogens with one attached hydrogen (secondary N) is 1. The van der Waals surface area contributed by atoms with Crippen LogP contribution in [-0.4, -0.2) is 25.9 Å². The van der Waals surface area contributed by atoms with Gasteiger partial charge in [-0.2, -0.15) is 0 Å². The highest BCUT2D eigenvalue weighted by Crippen LogP contribution is 2.67. The Kier molecular flexibility index (Phi) is 5.50. The van der Waals surface area contributed by atoms with E-state index in [0.29, 0.717) is 23.4 Å². The third-order valence-electron chi connectivity index (χ3n) is 9.24. The number of hydrogen-bond donors (Lipinski definition) is 1. The summed E-state index contributed by atoms with van der Waals surface area (Å²) in [5, 5.41) is 7.65. The van der Waals surface area contributed by atoms with Gasteiger partial charge in [-0.05, 0) is 93.9 Å². The molecule has 0 spiro atoms. The van der Waals surface area contributed by atoms with Gasteiger partial charge in [0.25, 0.3) is 0 Å². The molecule has 3 saturated carbocycles. The van der Waals surface area contributed by atoms with E-state index < -0.39 is 0 Å². The fraction of sp³-hybridized carbons (Fsp3) is 0.800. The van der Waals surface area contributed by atoms with Crippen molar-refractivity contribution in [3.8, 4) is 0 Å². The molecule has 4 rings (SSSR count). The Hall–Kier alpha value is -1.09. The lowest BCUT2D eigenvalue weighted by Gasteiger charge is -2.58. The number of nitrogens with zero attached hydrogens (tertiary/aromatic N) is 1. The molecule has 3 nitrogen and oxygen atoms in total. The molecular formula is C25H40N2O. The van der Waals surface area contributed by atoms with Crippen LogP contribution in [0.5, 0.6) is 0 Å². The Balaban J connectivity index is 1.52. The molecule has 28 heavy (non-hydrogen) atoms. The fourth-order valence-corrected chi connectivity index (χ4v) is 7.69. The molecule has 0 heterocycles. The Bertz CT molecular complexity index is 680. The molecular weight excluding hydrogens is 344 g/mol. The zero-order chi connectivity index (χ0) is 19.9. The lowest BCUT2D eigenvalue weighted by atomic mass is 9.46. The number of fused-ring (bicyclic) bond motifs is 5. The van der Waals surface area contributed by atoms with Gasteiger partial charge in [0.15, 0.2) is 0 Å². The fourth-order valence-electron chi connectivity index (χ4n) is 7.69. The zero-order valence-corrected chi connectivity index (χ0v) is 18.5. The molecule has 0 aliphatic heterocycles. The third-order valence-corrected chi connectivity index (χ3v) is 9.24. The summed E-state index contributed by atoms with van der Waals surface area (Å²) in [6.45, 7) is 13.1. The second-order valence-electron chi connectivity index (χ2n) is 10.5. The third kappa shape index (κ3) is 3.18. The molecule has 0 saturated heterocycles. The van der Waals surface area contributed by atoms with Crippen molar-refractivity contribution in [3.63, 3.8) is 0 Å². The van der Waals surface area contributed by atoms with E-state index in [2.05, 4.69) is 43.9 Å². The summed E-state index contributed by atoms with van der Waals surface area (Å²) in [6.07, 6.45) is 13.1. The highest BCUT2D eigenvalue weighted by Gasteiger charge is 2.59. The molecule has 6 atom stereocenters. The maximum absolute atomic E-state index is 5.59. The van der Waals surface area contributed by atoms with Gasteiger partial charge in [-0.15, -0.1) is 0 Å². The van der Waals surface area contributed by atoms with E-state index in [1.165, 1.54) is 62.7 Å². The van der Waals surface area contributed by atoms with Gasteiger partial charge in [-0.25, -0.2) is 0 Å². The summed E-state index contributed by atoms with van der Waals surface area (Å²) in [4.78, 5) is 5.59. The predicted octanol–water partition coefficient (Wildman–Crippen LogP) is 5.73. The van der Waals surface area contributed by atoms with Gasteiger partial charge in [-0.1, -0.05) is 42.8 Å². The standard InChI is InChI=1S/C25H40N2O/c1-17-10-12-24(3)19(16-17)6-7-20-22-9-8-21(18(2)27-28-15-14-26-5)25(22,4)13-11-23(20)24/h16,20-23,26H,1,6-15H2,2-5H3/b27-18+. The molecule has 3 fully saturated rings. The molecule has 0 aromatic carbocycles. The van der Waals surface area contributed by atoms with E-state index in [4.69, 9.17) is 4.84 Å². The summed E-state index contributed by atoms with van der Waals surface area (Å²) in [6, 6.07) is 0. The summed E-state index contributed by atoms with van der Waals surface area (Å²) >= 11 is 0. The van der Waals surface area contributed by atoms with E-state index in [1.54, 1.807) is 5.57 Å². The molecule has 3 heteroatoms. The Morgan fingerprint density at radius 1 is 1.18 bits per heavy atom. The number of rotatable bonds is 5. The summed E-state index contributed by atoms with van der Waals surface area (Å²) in [5.74, 6) is 3.24. The Morgan fingerprint density at radius 2 is 2.00 bits per heavy atom. The van der Waals surface area contributed by atoms with Crippen LogP contribution in [0.3, 0.4) is 0 Å². The van der Waals surface area contributed by atoms with Crippen molar-refractivity contribution in [2.24, 2.45) is 39.7 Å². The van der Waals surface area contributed by atoms with Gasteiger partial charge in [0.2, 0.25) is 0 Å². The number of likely N-dealkylation sites (N-methyl/N-ethyl adjacent to an activating group) is 1. The molecule has 0 radical (unpaired) electrons. The van der Waals surface area contributed by atoms with Crippen molar-refractivity contribution >= 4 is 5.71 Å². The van der Waals surface area contributed by atoms with Crippen LogP contribution in [0.4, 0.5) is 0 Å². The number of oxime groups is 1. The van der Waals surface area contributed by atoms with Crippen molar-refractivity contribution in [2.45, 2.75) is 72.1 Å². The predicted molar refractivity (Wildman–Crippen MR) is 117 cm³/mol. The quantitative estimate of drug-likeness (QED) is 0.373. The maximum atomic E-state index is 5.59. The molecule has 1 N–H and O–H groups in total. The number of hydrogen-bond acceptors (Lipinski definition) is 3. The average molecular weight is 385 g/mol. The lowest BCUT2D eigenvalue weighted by molar-refractivity contribution is -0.0421. The average Bonchev–Trinajstić information content (AvgIpc) is 3.03. The SMILES string of the molecule is C=C1C=C2CCC3C(CCC4(C)C(/C(C)=N/OCCNC)CCC34)C2(C)CC1. The van der Waals surface area contributed by atoms with Crippen molar-refractivity contribution in [3.05, 3.63) is 23.8 Å². The first-order valence-corrected chi connectivity index (χ1v) is 11.6. The van der Waals surface area contributed by atoms with Crippen LogP contribution in [-0.2, 0) is 4.84 Å². The minimum Gasteiger partial charge on any atom is -0.394 e. The van der Waals surface area contributed by atoms with E-state index in [0.717, 1.165) is 24.3 Å². The minimum absolute atomic E-state index is 0.414. The van der Waals surface area contributed by atoms with Crippen LogP contribution >= 0.6 is 0 Å². The van der Waals surface area contributed by atoms with Crippen molar-refractivity contribution < 1.29 is 4.84 Å². The lowest BCUT2D eigenvalue weighted by Crippen LogP contribution is -2.50. The molecule has 0 aromatic heterocycles. The highest BCUT2D eigenvalue weighted by molar-refractivity contribution is 5.85.